The molecular formula is C84H58N4. The van der Waals surface area contributed by atoms with Gasteiger partial charge in [0.1, 0.15) is 0 Å². The number of rotatable bonds is 13. The number of benzene rings is 16. The largest absolute Gasteiger partial charge is 0.310 e. The van der Waals surface area contributed by atoms with E-state index in [2.05, 4.69) is 371 Å². The number of fused-ring (bicyclic) bond motifs is 8. The molecule has 16 rings (SSSR count). The maximum absolute atomic E-state index is 2.41. The quantitative estimate of drug-likeness (QED) is 0.107. The third kappa shape index (κ3) is 9.56. The van der Waals surface area contributed by atoms with E-state index in [1.165, 1.54) is 64.6 Å². The summed E-state index contributed by atoms with van der Waals surface area (Å²) in [5, 5.41) is 14.4. The summed E-state index contributed by atoms with van der Waals surface area (Å²) in [5.74, 6) is 0. The number of nitrogens with zero attached hydrogens (tertiary/aromatic N) is 4. The average molecular weight is 1120 g/mol. The van der Waals surface area contributed by atoms with Crippen LogP contribution in [0.5, 0.6) is 0 Å². The van der Waals surface area contributed by atoms with E-state index in [-0.39, 0.29) is 0 Å². The van der Waals surface area contributed by atoms with E-state index in [0.717, 1.165) is 79.4 Å². The van der Waals surface area contributed by atoms with Crippen molar-refractivity contribution >= 4 is 133 Å². The van der Waals surface area contributed by atoms with Crippen molar-refractivity contribution in [1.29, 1.82) is 0 Å². The summed E-state index contributed by atoms with van der Waals surface area (Å²) in [5.41, 5.74) is 15.6. The molecule has 0 aliphatic carbocycles. The fourth-order valence-electron chi connectivity index (χ4n) is 13.1. The second kappa shape index (κ2) is 22.4. The molecule has 0 spiro atoms. The molecule has 4 heteroatoms. The SMILES string of the molecule is c1ccc(N(c2ccccc2)c2ccc3c(ccc4cc(N(c5ccc(-c6ccc(N(c7ccc8c(ccc9cc(N(c%10ccccc%10)c%10ccccc%10)ccc98)c7)c7cccc8ccccc78)cc6)cc5)c5cccc6ccccc56)ccc43)c2)cc1. The van der Waals surface area contributed by atoms with Gasteiger partial charge in [-0.15, -0.1) is 0 Å². The third-order valence-corrected chi connectivity index (χ3v) is 17.3. The van der Waals surface area contributed by atoms with Crippen LogP contribution in [0.3, 0.4) is 0 Å². The summed E-state index contributed by atoms with van der Waals surface area (Å²) in [4.78, 5) is 9.48. The summed E-state index contributed by atoms with van der Waals surface area (Å²) in [6.07, 6.45) is 0. The van der Waals surface area contributed by atoms with Gasteiger partial charge in [-0.2, -0.15) is 0 Å². The highest BCUT2D eigenvalue weighted by Crippen LogP contribution is 2.46. The Kier molecular flexibility index (Phi) is 13.2. The molecule has 0 saturated heterocycles. The van der Waals surface area contributed by atoms with Gasteiger partial charge in [0.2, 0.25) is 0 Å². The van der Waals surface area contributed by atoms with Gasteiger partial charge in [0.25, 0.3) is 0 Å². The van der Waals surface area contributed by atoms with Crippen LogP contribution in [0.2, 0.25) is 0 Å². The van der Waals surface area contributed by atoms with Gasteiger partial charge in [-0.05, 0) is 198 Å². The molecule has 0 N–H and O–H groups in total. The molecule has 88 heavy (non-hydrogen) atoms. The maximum atomic E-state index is 2.41. The highest BCUT2D eigenvalue weighted by atomic mass is 15.2. The second-order valence-corrected chi connectivity index (χ2v) is 22.5. The van der Waals surface area contributed by atoms with Gasteiger partial charge in [-0.25, -0.2) is 0 Å². The molecule has 0 radical (unpaired) electrons. The van der Waals surface area contributed by atoms with Gasteiger partial charge in [-0.3, -0.25) is 0 Å². The van der Waals surface area contributed by atoms with Crippen LogP contribution in [0.1, 0.15) is 0 Å². The van der Waals surface area contributed by atoms with Gasteiger partial charge in [0, 0.05) is 67.6 Å². The van der Waals surface area contributed by atoms with Crippen molar-refractivity contribution in [2.45, 2.75) is 0 Å². The summed E-state index contributed by atoms with van der Waals surface area (Å²) < 4.78 is 0. The Morgan fingerprint density at radius 3 is 0.705 bits per heavy atom. The van der Waals surface area contributed by atoms with Crippen LogP contribution in [-0.4, -0.2) is 0 Å². The number of anilines is 12. The van der Waals surface area contributed by atoms with Crippen LogP contribution in [0.25, 0.3) is 75.8 Å². The molecule has 0 saturated carbocycles. The topological polar surface area (TPSA) is 13.0 Å². The lowest BCUT2D eigenvalue weighted by molar-refractivity contribution is 1.29. The molecule has 0 atom stereocenters. The molecular weight excluding hydrogens is 1060 g/mol. The Labute approximate surface area is 512 Å². The van der Waals surface area contributed by atoms with E-state index in [0.29, 0.717) is 0 Å². The van der Waals surface area contributed by atoms with Crippen molar-refractivity contribution in [3.63, 3.8) is 0 Å². The Morgan fingerprint density at radius 2 is 0.386 bits per heavy atom. The zero-order valence-electron chi connectivity index (χ0n) is 48.3. The Hall–Kier alpha value is -11.7. The van der Waals surface area contributed by atoms with Crippen LogP contribution in [0.4, 0.5) is 68.2 Å². The normalized spacial score (nSPS) is 11.4. The van der Waals surface area contributed by atoms with Crippen LogP contribution in [0, 0.1) is 0 Å². The molecule has 414 valence electrons. The summed E-state index contributed by atoms with van der Waals surface area (Å²) >= 11 is 0. The molecule has 0 aromatic heterocycles. The number of hydrogen-bond acceptors (Lipinski definition) is 4. The Bertz CT molecular complexity index is 4790. The highest BCUT2D eigenvalue weighted by molar-refractivity contribution is 6.12. The lowest BCUT2D eigenvalue weighted by Crippen LogP contribution is -2.11. The zero-order valence-corrected chi connectivity index (χ0v) is 48.3. The predicted molar refractivity (Wildman–Crippen MR) is 376 cm³/mol. The molecule has 16 aromatic carbocycles. The van der Waals surface area contributed by atoms with Crippen LogP contribution in [-0.2, 0) is 0 Å². The molecule has 4 nitrogen and oxygen atoms in total. The lowest BCUT2D eigenvalue weighted by atomic mass is 9.99. The van der Waals surface area contributed by atoms with Gasteiger partial charge in [0.15, 0.2) is 0 Å². The van der Waals surface area contributed by atoms with E-state index in [1.807, 2.05) is 0 Å². The van der Waals surface area contributed by atoms with Crippen molar-refractivity contribution in [3.8, 4) is 11.1 Å². The van der Waals surface area contributed by atoms with Crippen molar-refractivity contribution in [2.75, 3.05) is 19.6 Å². The predicted octanol–water partition coefficient (Wildman–Crippen LogP) is 24.2. The van der Waals surface area contributed by atoms with Gasteiger partial charge >= 0.3 is 0 Å². The van der Waals surface area contributed by atoms with Crippen LogP contribution < -0.4 is 19.6 Å². The lowest BCUT2D eigenvalue weighted by Gasteiger charge is -2.28. The molecule has 0 amide bonds. The van der Waals surface area contributed by atoms with Crippen molar-refractivity contribution in [2.24, 2.45) is 0 Å². The average Bonchev–Trinajstić information content (AvgIpc) is 2.16. The molecule has 0 fully saturated rings. The molecule has 0 unspecified atom stereocenters. The van der Waals surface area contributed by atoms with Gasteiger partial charge in [-0.1, -0.05) is 218 Å². The van der Waals surface area contributed by atoms with Crippen LogP contribution in [0.15, 0.2) is 352 Å². The minimum absolute atomic E-state index is 1.08. The van der Waals surface area contributed by atoms with Gasteiger partial charge in [0.05, 0.1) is 11.4 Å². The van der Waals surface area contributed by atoms with E-state index in [4.69, 9.17) is 0 Å². The summed E-state index contributed by atoms with van der Waals surface area (Å²) in [6.45, 7) is 0. The van der Waals surface area contributed by atoms with E-state index < -0.39 is 0 Å². The maximum Gasteiger partial charge on any atom is 0.0540 e. The number of para-hydroxylation sites is 4. The van der Waals surface area contributed by atoms with E-state index >= 15 is 0 Å². The van der Waals surface area contributed by atoms with Gasteiger partial charge < -0.3 is 19.6 Å². The molecule has 0 aliphatic heterocycles. The smallest absolute Gasteiger partial charge is 0.0540 e. The minimum Gasteiger partial charge on any atom is -0.310 e. The number of hydrogen-bond donors (Lipinski definition) is 0. The summed E-state index contributed by atoms with van der Waals surface area (Å²) in [7, 11) is 0. The fourth-order valence-corrected chi connectivity index (χ4v) is 13.1. The zero-order chi connectivity index (χ0) is 58.3. The standard InChI is InChI=1S/C84H58N4/c1-5-23-67(24-6-1)85(68-25-7-2-8-26-68)73-47-51-77-63(55-73)35-37-65-57-75(49-53-79(65)77)87(83-33-17-21-61-19-13-15-31-81(61)83)71-43-39-59(40-44-71)60-41-45-72(46-42-60)88(84-34-18-22-62-20-14-16-32-82(62)84)76-50-54-80-66(58-76)38-36-64-56-74(48-52-78(64)80)86(69-27-9-3-10-28-69)70-29-11-4-12-30-70/h1-58H. The van der Waals surface area contributed by atoms with E-state index in [1.54, 1.807) is 0 Å². The Morgan fingerprint density at radius 1 is 0.136 bits per heavy atom. The van der Waals surface area contributed by atoms with Crippen molar-refractivity contribution in [3.05, 3.63) is 352 Å². The molecule has 0 heterocycles. The van der Waals surface area contributed by atoms with Crippen LogP contribution >= 0.6 is 0 Å². The van der Waals surface area contributed by atoms with Crippen molar-refractivity contribution in [1.82, 2.24) is 0 Å². The van der Waals surface area contributed by atoms with E-state index in [9.17, 15) is 0 Å². The summed E-state index contributed by atoms with van der Waals surface area (Å²) in [6, 6.07) is 128. The second-order valence-electron chi connectivity index (χ2n) is 22.5. The first-order valence-corrected chi connectivity index (χ1v) is 30.1. The van der Waals surface area contributed by atoms with Crippen molar-refractivity contribution < 1.29 is 0 Å². The molecule has 0 aliphatic rings. The Balaban J connectivity index is 0.736. The highest BCUT2D eigenvalue weighted by Gasteiger charge is 2.21. The molecule has 0 bridgehead atoms. The fraction of sp³-hybridized carbons (Fsp3) is 0. The first-order valence-electron chi connectivity index (χ1n) is 30.1. The molecule has 16 aromatic rings. The minimum atomic E-state index is 1.08. The third-order valence-electron chi connectivity index (χ3n) is 17.3. The first-order chi connectivity index (χ1) is 43.6. The monoisotopic (exact) mass is 1120 g/mol. The first kappa shape index (κ1) is 51.9.